The van der Waals surface area contributed by atoms with Gasteiger partial charge in [-0.15, -0.1) is 10.2 Å². The number of hydrogen-bond acceptors (Lipinski definition) is 5. The molecule has 18 heavy (non-hydrogen) atoms. The summed E-state index contributed by atoms with van der Waals surface area (Å²) in [7, 11) is 0. The van der Waals surface area contributed by atoms with Crippen LogP contribution in [-0.4, -0.2) is 10.2 Å². The number of halogens is 1. The first-order valence-corrected chi connectivity index (χ1v) is 5.32. The van der Waals surface area contributed by atoms with Crippen molar-refractivity contribution in [1.82, 2.24) is 10.2 Å². The fourth-order valence-corrected chi connectivity index (χ4v) is 1.54. The number of aryl methyl sites for hydroxylation is 2. The smallest absolute Gasteiger partial charge is 0.236 e. The Balaban J connectivity index is 2.29. The Kier molecular flexibility index (Phi) is 3.24. The molecule has 2 aromatic rings. The van der Waals surface area contributed by atoms with Crippen molar-refractivity contribution in [2.45, 2.75) is 20.4 Å². The van der Waals surface area contributed by atoms with E-state index in [1.54, 1.807) is 19.1 Å². The lowest BCUT2D eigenvalue weighted by Gasteiger charge is -2.14. The zero-order chi connectivity index (χ0) is 13.1. The zero-order valence-corrected chi connectivity index (χ0v) is 10.0. The molecule has 0 saturated heterocycles. The van der Waals surface area contributed by atoms with Gasteiger partial charge in [0.05, 0.1) is 5.69 Å². The van der Waals surface area contributed by atoms with E-state index in [4.69, 9.17) is 9.68 Å². The van der Waals surface area contributed by atoms with Crippen LogP contribution in [0.1, 0.15) is 17.3 Å². The van der Waals surface area contributed by atoms with Crippen molar-refractivity contribution in [3.05, 3.63) is 41.4 Å². The SMILES string of the molecule is Cc1ccc(F)c(N(C#N)Cc2nnc(C)o2)c1. The van der Waals surface area contributed by atoms with Gasteiger partial charge in [0.2, 0.25) is 11.8 Å². The lowest BCUT2D eigenvalue weighted by molar-refractivity contribution is 0.467. The predicted molar refractivity (Wildman–Crippen MR) is 62.0 cm³/mol. The molecule has 0 spiro atoms. The van der Waals surface area contributed by atoms with Crippen LogP contribution < -0.4 is 4.90 Å². The van der Waals surface area contributed by atoms with Crippen molar-refractivity contribution in [2.75, 3.05) is 4.90 Å². The maximum Gasteiger partial charge on any atom is 0.236 e. The van der Waals surface area contributed by atoms with Gasteiger partial charge in [-0.1, -0.05) is 6.07 Å². The van der Waals surface area contributed by atoms with E-state index in [0.29, 0.717) is 5.89 Å². The van der Waals surface area contributed by atoms with E-state index < -0.39 is 5.82 Å². The van der Waals surface area contributed by atoms with E-state index in [9.17, 15) is 4.39 Å². The quantitative estimate of drug-likeness (QED) is 0.614. The summed E-state index contributed by atoms with van der Waals surface area (Å²) in [6.07, 6.45) is 1.91. The van der Waals surface area contributed by atoms with Gasteiger partial charge in [0.1, 0.15) is 12.4 Å². The van der Waals surface area contributed by atoms with Gasteiger partial charge in [-0.3, -0.25) is 4.90 Å². The largest absolute Gasteiger partial charge is 0.424 e. The van der Waals surface area contributed by atoms with E-state index >= 15 is 0 Å². The number of aromatic nitrogens is 2. The Morgan fingerprint density at radius 3 is 2.78 bits per heavy atom. The molecule has 0 atom stereocenters. The van der Waals surface area contributed by atoms with Crippen LogP contribution in [0, 0.1) is 31.1 Å². The van der Waals surface area contributed by atoms with Crippen molar-refractivity contribution >= 4 is 5.69 Å². The summed E-state index contributed by atoms with van der Waals surface area (Å²) in [5.74, 6) is 0.223. The summed E-state index contributed by atoms with van der Waals surface area (Å²) in [4.78, 5) is 1.18. The van der Waals surface area contributed by atoms with Gasteiger partial charge in [-0.2, -0.15) is 5.26 Å². The molecule has 0 unspecified atom stereocenters. The topological polar surface area (TPSA) is 66.0 Å². The van der Waals surface area contributed by atoms with Gasteiger partial charge in [-0.25, -0.2) is 4.39 Å². The summed E-state index contributed by atoms with van der Waals surface area (Å²) >= 11 is 0. The Morgan fingerprint density at radius 1 is 1.39 bits per heavy atom. The molecule has 0 aliphatic rings. The number of anilines is 1. The predicted octanol–water partition coefficient (Wildman–Crippen LogP) is 2.31. The Labute approximate surface area is 103 Å². The van der Waals surface area contributed by atoms with Crippen LogP contribution in [0.15, 0.2) is 22.6 Å². The average molecular weight is 246 g/mol. The van der Waals surface area contributed by atoms with Crippen LogP contribution in [0.5, 0.6) is 0 Å². The Bertz CT molecular complexity index is 602. The number of rotatable bonds is 3. The van der Waals surface area contributed by atoms with Crippen LogP contribution in [-0.2, 0) is 6.54 Å². The molecule has 0 aliphatic carbocycles. The van der Waals surface area contributed by atoms with Crippen LogP contribution in [0.25, 0.3) is 0 Å². The van der Waals surface area contributed by atoms with Crippen LogP contribution in [0.3, 0.4) is 0 Å². The van der Waals surface area contributed by atoms with E-state index in [2.05, 4.69) is 10.2 Å². The highest BCUT2D eigenvalue weighted by molar-refractivity contribution is 5.53. The van der Waals surface area contributed by atoms with Gasteiger partial charge in [0, 0.05) is 6.92 Å². The van der Waals surface area contributed by atoms with Crippen molar-refractivity contribution in [3.63, 3.8) is 0 Å². The van der Waals surface area contributed by atoms with Gasteiger partial charge >= 0.3 is 0 Å². The standard InChI is InChI=1S/C12H11FN4O/c1-8-3-4-10(13)11(5-8)17(7-14)6-12-16-15-9(2)18-12/h3-5H,6H2,1-2H3. The first kappa shape index (κ1) is 12.0. The molecule has 5 nitrogen and oxygen atoms in total. The molecule has 2 rings (SSSR count). The van der Waals surface area contributed by atoms with Crippen molar-refractivity contribution < 1.29 is 8.81 Å². The van der Waals surface area contributed by atoms with Crippen molar-refractivity contribution in [1.29, 1.82) is 5.26 Å². The lowest BCUT2D eigenvalue weighted by Crippen LogP contribution is -2.17. The molecule has 0 bridgehead atoms. The van der Waals surface area contributed by atoms with Gasteiger partial charge < -0.3 is 4.42 Å². The first-order chi connectivity index (χ1) is 8.60. The summed E-state index contributed by atoms with van der Waals surface area (Å²) < 4.78 is 18.8. The minimum absolute atomic E-state index is 0.0533. The Hall–Kier alpha value is -2.42. The monoisotopic (exact) mass is 246 g/mol. The molecule has 0 aliphatic heterocycles. The molecule has 0 N–H and O–H groups in total. The van der Waals surface area contributed by atoms with E-state index in [0.717, 1.165) is 5.56 Å². The van der Waals surface area contributed by atoms with Crippen LogP contribution in [0.2, 0.25) is 0 Å². The normalized spacial score (nSPS) is 10.1. The second kappa shape index (κ2) is 4.84. The minimum atomic E-state index is -0.460. The highest BCUT2D eigenvalue weighted by Crippen LogP contribution is 2.21. The third-order valence-corrected chi connectivity index (χ3v) is 2.37. The van der Waals surface area contributed by atoms with Crippen molar-refractivity contribution in [2.24, 2.45) is 0 Å². The molecule has 92 valence electrons. The van der Waals surface area contributed by atoms with Crippen molar-refractivity contribution in [3.8, 4) is 6.19 Å². The zero-order valence-electron chi connectivity index (χ0n) is 10.0. The van der Waals surface area contributed by atoms with E-state index in [1.807, 2.05) is 13.1 Å². The second-order valence-electron chi connectivity index (χ2n) is 3.86. The third-order valence-electron chi connectivity index (χ3n) is 2.37. The summed E-state index contributed by atoms with van der Waals surface area (Å²) in [6.45, 7) is 3.54. The fraction of sp³-hybridized carbons (Fsp3) is 0.250. The van der Waals surface area contributed by atoms with Gasteiger partial charge in [-0.05, 0) is 24.6 Å². The highest BCUT2D eigenvalue weighted by atomic mass is 19.1. The average Bonchev–Trinajstić information content (AvgIpc) is 2.75. The lowest BCUT2D eigenvalue weighted by atomic mass is 10.2. The van der Waals surface area contributed by atoms with E-state index in [-0.39, 0.29) is 18.1 Å². The fourth-order valence-electron chi connectivity index (χ4n) is 1.54. The maximum atomic E-state index is 13.7. The summed E-state index contributed by atoms with van der Waals surface area (Å²) in [6, 6.07) is 4.57. The van der Waals surface area contributed by atoms with Gasteiger partial charge in [0.15, 0.2) is 6.19 Å². The molecule has 1 aromatic carbocycles. The first-order valence-electron chi connectivity index (χ1n) is 5.32. The van der Waals surface area contributed by atoms with Crippen LogP contribution in [0.4, 0.5) is 10.1 Å². The molecular formula is C12H11FN4O. The molecule has 6 heteroatoms. The maximum absolute atomic E-state index is 13.7. The van der Waals surface area contributed by atoms with E-state index in [1.165, 1.54) is 11.0 Å². The number of nitriles is 1. The molecule has 0 radical (unpaired) electrons. The molecular weight excluding hydrogens is 235 g/mol. The molecule has 1 aromatic heterocycles. The summed E-state index contributed by atoms with van der Waals surface area (Å²) in [5.41, 5.74) is 1.07. The molecule has 0 amide bonds. The number of nitrogens with zero attached hydrogens (tertiary/aromatic N) is 4. The third kappa shape index (κ3) is 2.46. The number of hydrogen-bond donors (Lipinski definition) is 0. The molecule has 1 heterocycles. The molecule has 0 fully saturated rings. The second-order valence-corrected chi connectivity index (χ2v) is 3.86. The summed E-state index contributed by atoms with van der Waals surface area (Å²) in [5, 5.41) is 16.5. The minimum Gasteiger partial charge on any atom is -0.424 e. The van der Waals surface area contributed by atoms with Gasteiger partial charge in [0.25, 0.3) is 0 Å². The highest BCUT2D eigenvalue weighted by Gasteiger charge is 2.15. The molecule has 0 saturated carbocycles. The van der Waals surface area contributed by atoms with Crippen LogP contribution >= 0.6 is 0 Å². The number of benzene rings is 1. The Morgan fingerprint density at radius 2 is 2.17 bits per heavy atom.